The van der Waals surface area contributed by atoms with Crippen LogP contribution in [-0.4, -0.2) is 19.9 Å². The van der Waals surface area contributed by atoms with E-state index in [0.717, 1.165) is 16.4 Å². The zero-order valence-electron chi connectivity index (χ0n) is 9.31. The van der Waals surface area contributed by atoms with E-state index in [2.05, 4.69) is 14.8 Å². The first-order valence-electron chi connectivity index (χ1n) is 4.81. The van der Waals surface area contributed by atoms with Gasteiger partial charge in [0.2, 0.25) is 0 Å². The first kappa shape index (κ1) is 10.8. The number of anilines is 2. The van der Waals surface area contributed by atoms with Gasteiger partial charge in [0.1, 0.15) is 5.00 Å². The maximum Gasteiger partial charge on any atom is 0.164 e. The van der Waals surface area contributed by atoms with Gasteiger partial charge in [-0.1, -0.05) is 0 Å². The Morgan fingerprint density at radius 3 is 2.88 bits per heavy atom. The van der Waals surface area contributed by atoms with Gasteiger partial charge in [-0.15, -0.1) is 0 Å². The lowest BCUT2D eigenvalue weighted by molar-refractivity contribution is 0.101. The quantitative estimate of drug-likeness (QED) is 0.829. The van der Waals surface area contributed by atoms with Crippen molar-refractivity contribution in [3.8, 4) is 0 Å². The lowest BCUT2D eigenvalue weighted by Gasteiger charge is -2.01. The average Bonchev–Trinajstić information content (AvgIpc) is 2.74. The Kier molecular flexibility index (Phi) is 2.74. The molecule has 0 radical (unpaired) electrons. The monoisotopic (exact) mass is 236 g/mol. The van der Waals surface area contributed by atoms with Crippen molar-refractivity contribution in [1.82, 2.24) is 14.2 Å². The zero-order valence-corrected chi connectivity index (χ0v) is 10.1. The molecule has 16 heavy (non-hydrogen) atoms. The molecule has 84 valence electrons. The third kappa shape index (κ3) is 1.96. The minimum absolute atomic E-state index is 0.0256. The summed E-state index contributed by atoms with van der Waals surface area (Å²) in [5.74, 6) is 0.0256. The molecule has 0 aliphatic carbocycles. The molecule has 2 heterocycles. The van der Waals surface area contributed by atoms with E-state index in [4.69, 9.17) is 0 Å². The van der Waals surface area contributed by atoms with Crippen LogP contribution in [0.15, 0.2) is 12.4 Å². The van der Waals surface area contributed by atoms with Crippen LogP contribution >= 0.6 is 11.5 Å². The van der Waals surface area contributed by atoms with Crippen molar-refractivity contribution in [3.63, 3.8) is 0 Å². The summed E-state index contributed by atoms with van der Waals surface area (Å²) < 4.78 is 5.87. The van der Waals surface area contributed by atoms with E-state index in [0.29, 0.717) is 5.56 Å². The number of nitrogens with zero attached hydrogens (tertiary/aromatic N) is 3. The summed E-state index contributed by atoms with van der Waals surface area (Å²) in [6, 6.07) is 0. The van der Waals surface area contributed by atoms with E-state index >= 15 is 0 Å². The number of carbonyl (C=O) groups is 1. The molecule has 0 aromatic carbocycles. The minimum Gasteiger partial charge on any atom is -0.343 e. The summed E-state index contributed by atoms with van der Waals surface area (Å²) >= 11 is 1.29. The summed E-state index contributed by atoms with van der Waals surface area (Å²) in [6.07, 6.45) is 3.55. The van der Waals surface area contributed by atoms with Crippen LogP contribution in [-0.2, 0) is 7.05 Å². The predicted octanol–water partition coefficient (Wildman–Crippen LogP) is 2.13. The minimum atomic E-state index is 0.0256. The Morgan fingerprint density at radius 1 is 1.56 bits per heavy atom. The molecule has 0 amide bonds. The van der Waals surface area contributed by atoms with Crippen LogP contribution in [0.3, 0.4) is 0 Å². The highest BCUT2D eigenvalue weighted by atomic mass is 32.1. The fourth-order valence-corrected chi connectivity index (χ4v) is 2.35. The second-order valence-electron chi connectivity index (χ2n) is 3.56. The number of Topliss-reactive ketones (excluding diaryl/α,β-unsaturated/α-hetero) is 1. The standard InChI is InChI=1S/C10H12N4OS/c1-6-9(7(2)15)10(16-13-6)12-8-4-11-14(3)5-8/h4-5,12H,1-3H3. The molecule has 0 fully saturated rings. The number of hydrogen-bond acceptors (Lipinski definition) is 5. The van der Waals surface area contributed by atoms with E-state index < -0.39 is 0 Å². The average molecular weight is 236 g/mol. The number of aryl methyl sites for hydroxylation is 2. The molecule has 0 bridgehead atoms. The molecule has 0 atom stereocenters. The van der Waals surface area contributed by atoms with Crippen molar-refractivity contribution in [1.29, 1.82) is 0 Å². The van der Waals surface area contributed by atoms with Gasteiger partial charge in [-0.05, 0) is 25.4 Å². The number of ketones is 1. The molecule has 2 rings (SSSR count). The van der Waals surface area contributed by atoms with Gasteiger partial charge in [-0.3, -0.25) is 9.48 Å². The molecule has 0 spiro atoms. The van der Waals surface area contributed by atoms with E-state index in [9.17, 15) is 4.79 Å². The van der Waals surface area contributed by atoms with E-state index in [1.165, 1.54) is 11.5 Å². The molecule has 0 saturated carbocycles. The highest BCUT2D eigenvalue weighted by Gasteiger charge is 2.15. The van der Waals surface area contributed by atoms with E-state index in [-0.39, 0.29) is 5.78 Å². The molecular weight excluding hydrogens is 224 g/mol. The van der Waals surface area contributed by atoms with Gasteiger partial charge in [-0.2, -0.15) is 9.47 Å². The predicted molar refractivity (Wildman–Crippen MR) is 63.3 cm³/mol. The summed E-state index contributed by atoms with van der Waals surface area (Å²) in [6.45, 7) is 3.38. The van der Waals surface area contributed by atoms with Crippen molar-refractivity contribution in [2.24, 2.45) is 7.05 Å². The first-order chi connectivity index (χ1) is 7.58. The molecule has 1 N–H and O–H groups in total. The van der Waals surface area contributed by atoms with Gasteiger partial charge in [0, 0.05) is 13.2 Å². The highest BCUT2D eigenvalue weighted by molar-refractivity contribution is 7.10. The van der Waals surface area contributed by atoms with Gasteiger partial charge in [0.15, 0.2) is 5.78 Å². The maximum absolute atomic E-state index is 11.4. The number of hydrogen-bond donors (Lipinski definition) is 1. The highest BCUT2D eigenvalue weighted by Crippen LogP contribution is 2.27. The molecule has 2 aromatic heterocycles. The lowest BCUT2D eigenvalue weighted by atomic mass is 10.2. The Bertz CT molecular complexity index is 529. The summed E-state index contributed by atoms with van der Waals surface area (Å²) in [5.41, 5.74) is 2.28. The summed E-state index contributed by atoms with van der Waals surface area (Å²) in [4.78, 5) is 11.4. The zero-order chi connectivity index (χ0) is 11.7. The molecule has 0 saturated heterocycles. The van der Waals surface area contributed by atoms with Crippen molar-refractivity contribution < 1.29 is 4.79 Å². The molecule has 0 aliphatic heterocycles. The van der Waals surface area contributed by atoms with Gasteiger partial charge < -0.3 is 5.32 Å². The third-order valence-corrected chi connectivity index (χ3v) is 3.03. The topological polar surface area (TPSA) is 59.8 Å². The SMILES string of the molecule is CC(=O)c1c(C)nsc1Nc1cnn(C)c1. The number of nitrogens with one attached hydrogen (secondary N) is 1. The fourth-order valence-electron chi connectivity index (χ4n) is 1.49. The van der Waals surface area contributed by atoms with Gasteiger partial charge in [-0.25, -0.2) is 0 Å². The van der Waals surface area contributed by atoms with Gasteiger partial charge >= 0.3 is 0 Å². The Hall–Kier alpha value is -1.69. The molecule has 6 heteroatoms. The van der Waals surface area contributed by atoms with E-state index in [1.807, 2.05) is 20.2 Å². The fraction of sp³-hybridized carbons (Fsp3) is 0.300. The van der Waals surface area contributed by atoms with Gasteiger partial charge in [0.25, 0.3) is 0 Å². The summed E-state index contributed by atoms with van der Waals surface area (Å²) in [5, 5.41) is 7.97. The Morgan fingerprint density at radius 2 is 2.31 bits per heavy atom. The molecule has 5 nitrogen and oxygen atoms in total. The van der Waals surface area contributed by atoms with Crippen molar-refractivity contribution in [3.05, 3.63) is 23.7 Å². The molecule has 0 unspecified atom stereocenters. The first-order valence-corrected chi connectivity index (χ1v) is 5.58. The molecule has 0 aliphatic rings. The Labute approximate surface area is 97.3 Å². The number of rotatable bonds is 3. The summed E-state index contributed by atoms with van der Waals surface area (Å²) in [7, 11) is 1.84. The van der Waals surface area contributed by atoms with Crippen LogP contribution in [0.5, 0.6) is 0 Å². The van der Waals surface area contributed by atoms with Crippen molar-refractivity contribution in [2.75, 3.05) is 5.32 Å². The number of aromatic nitrogens is 3. The molecule has 2 aromatic rings. The smallest absolute Gasteiger partial charge is 0.164 e. The molecular formula is C10H12N4OS. The second-order valence-corrected chi connectivity index (χ2v) is 4.33. The van der Waals surface area contributed by atoms with Crippen LogP contribution in [0.25, 0.3) is 0 Å². The van der Waals surface area contributed by atoms with Crippen LogP contribution in [0.2, 0.25) is 0 Å². The lowest BCUT2D eigenvalue weighted by Crippen LogP contribution is -1.98. The van der Waals surface area contributed by atoms with E-state index in [1.54, 1.807) is 17.8 Å². The van der Waals surface area contributed by atoms with Crippen LogP contribution < -0.4 is 5.32 Å². The van der Waals surface area contributed by atoms with Crippen LogP contribution in [0.1, 0.15) is 23.0 Å². The largest absolute Gasteiger partial charge is 0.343 e. The van der Waals surface area contributed by atoms with Crippen molar-refractivity contribution in [2.45, 2.75) is 13.8 Å². The van der Waals surface area contributed by atoms with Crippen LogP contribution in [0.4, 0.5) is 10.7 Å². The van der Waals surface area contributed by atoms with Crippen molar-refractivity contribution >= 4 is 28.0 Å². The third-order valence-electron chi connectivity index (χ3n) is 2.18. The van der Waals surface area contributed by atoms with Gasteiger partial charge in [0.05, 0.1) is 23.1 Å². The normalized spacial score (nSPS) is 10.4. The Balaban J connectivity index is 2.31. The van der Waals surface area contributed by atoms with Crippen LogP contribution in [0, 0.1) is 6.92 Å². The maximum atomic E-state index is 11.4. The number of carbonyl (C=O) groups excluding carboxylic acids is 1. The second kappa shape index (κ2) is 4.05.